The maximum absolute atomic E-state index is 8.93. The molecule has 0 amide bonds. The maximum atomic E-state index is 8.93. The van der Waals surface area contributed by atoms with Crippen LogP contribution in [0.25, 0.3) is 0 Å². The average molecular weight is 358 g/mol. The summed E-state index contributed by atoms with van der Waals surface area (Å²) in [7, 11) is 0. The predicted octanol–water partition coefficient (Wildman–Crippen LogP) is 3.53. The van der Waals surface area contributed by atoms with Crippen LogP contribution in [0, 0.1) is 11.3 Å². The molecule has 0 heterocycles. The Morgan fingerprint density at radius 3 is 2.68 bits per heavy atom. The van der Waals surface area contributed by atoms with E-state index in [0.717, 1.165) is 34.1 Å². The molecule has 0 bridgehead atoms. The van der Waals surface area contributed by atoms with Crippen LogP contribution in [-0.2, 0) is 6.54 Å². The average Bonchev–Trinajstić information content (AvgIpc) is 2.56. The second-order valence-electron chi connectivity index (χ2n) is 4.69. The van der Waals surface area contributed by atoms with Crippen LogP contribution < -0.4 is 5.43 Å². The molecule has 0 saturated heterocycles. The lowest BCUT2D eigenvalue weighted by Gasteiger charge is -2.28. The highest BCUT2D eigenvalue weighted by Crippen LogP contribution is 2.21. The van der Waals surface area contributed by atoms with Crippen molar-refractivity contribution < 1.29 is 0 Å². The van der Waals surface area contributed by atoms with Gasteiger partial charge >= 0.3 is 0 Å². The van der Waals surface area contributed by atoms with E-state index in [0.29, 0.717) is 6.54 Å². The van der Waals surface area contributed by atoms with Gasteiger partial charge in [-0.1, -0.05) is 28.1 Å². The molecule has 22 heavy (non-hydrogen) atoms. The Morgan fingerprint density at radius 2 is 2.09 bits per heavy atom. The molecule has 0 fully saturated rings. The van der Waals surface area contributed by atoms with Crippen LogP contribution in [0.3, 0.4) is 0 Å². The molecule has 0 unspecified atom stereocenters. The number of halogens is 1. The number of hydrogen-bond acceptors (Lipinski definition) is 4. The molecule has 2 rings (SSSR count). The number of rotatable bonds is 6. The summed E-state index contributed by atoms with van der Waals surface area (Å²) < 4.78 is 1.05. The fourth-order valence-corrected chi connectivity index (χ4v) is 2.35. The van der Waals surface area contributed by atoms with E-state index >= 15 is 0 Å². The zero-order valence-electron chi connectivity index (χ0n) is 12.0. The highest BCUT2D eigenvalue weighted by molar-refractivity contribution is 9.10. The van der Waals surface area contributed by atoms with Gasteiger partial charge in [0.2, 0.25) is 0 Å². The molecule has 0 aliphatic heterocycles. The van der Waals surface area contributed by atoms with E-state index in [1.165, 1.54) is 6.34 Å². The van der Waals surface area contributed by atoms with E-state index < -0.39 is 0 Å². The standard InChI is InChI=1S/C16H16BrN5/c1-19-20-12-21-22(11-14-2-6-15(17)7-3-14)16-8-4-13(10-18)5-9-16/h2-4,6-8,12H,1,5,9,11H2,(H,20,21). The van der Waals surface area contributed by atoms with Crippen LogP contribution in [0.1, 0.15) is 18.4 Å². The molecule has 5 nitrogen and oxygen atoms in total. The number of hydrogen-bond donors (Lipinski definition) is 1. The monoisotopic (exact) mass is 357 g/mol. The number of nitrogens with zero attached hydrogens (tertiary/aromatic N) is 4. The maximum Gasteiger partial charge on any atom is 0.130 e. The molecular weight excluding hydrogens is 342 g/mol. The number of benzene rings is 1. The summed E-state index contributed by atoms with van der Waals surface area (Å²) in [4.78, 5) is 0. The largest absolute Gasteiger partial charge is 0.287 e. The predicted molar refractivity (Wildman–Crippen MR) is 91.9 cm³/mol. The first-order valence-electron chi connectivity index (χ1n) is 6.78. The summed E-state index contributed by atoms with van der Waals surface area (Å²) in [6.45, 7) is 3.99. The van der Waals surface area contributed by atoms with Gasteiger partial charge in [-0.15, -0.1) is 5.10 Å². The van der Waals surface area contributed by atoms with Gasteiger partial charge in [0.25, 0.3) is 0 Å². The van der Waals surface area contributed by atoms with E-state index in [2.05, 4.69) is 56.5 Å². The van der Waals surface area contributed by atoms with Gasteiger partial charge in [-0.2, -0.15) is 10.4 Å². The molecule has 0 spiro atoms. The molecule has 0 aromatic heterocycles. The van der Waals surface area contributed by atoms with E-state index in [9.17, 15) is 0 Å². The summed E-state index contributed by atoms with van der Waals surface area (Å²) in [5.74, 6) is 0. The van der Waals surface area contributed by atoms with Gasteiger partial charge in [0.05, 0.1) is 12.6 Å². The van der Waals surface area contributed by atoms with Crippen molar-refractivity contribution in [3.8, 4) is 6.07 Å². The third-order valence-electron chi connectivity index (χ3n) is 3.22. The lowest BCUT2D eigenvalue weighted by Crippen LogP contribution is -2.36. The van der Waals surface area contributed by atoms with Crippen LogP contribution >= 0.6 is 15.9 Å². The Kier molecular flexibility index (Phi) is 5.92. The Bertz CT molecular complexity index is 652. The normalized spacial score (nSPS) is 14.0. The molecule has 112 valence electrons. The Hall–Kier alpha value is -2.39. The summed E-state index contributed by atoms with van der Waals surface area (Å²) in [6.07, 6.45) is 6.87. The quantitative estimate of drug-likeness (QED) is 0.481. The van der Waals surface area contributed by atoms with E-state index in [1.54, 1.807) is 0 Å². The molecule has 1 aromatic carbocycles. The first-order chi connectivity index (χ1) is 10.7. The van der Waals surface area contributed by atoms with Gasteiger partial charge in [-0.25, -0.2) is 0 Å². The van der Waals surface area contributed by atoms with Crippen molar-refractivity contribution in [3.05, 3.63) is 57.7 Å². The fraction of sp³-hybridized carbons (Fsp3) is 0.188. The smallest absolute Gasteiger partial charge is 0.130 e. The molecule has 0 radical (unpaired) electrons. The van der Waals surface area contributed by atoms with Crippen LogP contribution in [0.15, 0.2) is 62.4 Å². The molecule has 1 aromatic rings. The van der Waals surface area contributed by atoms with Crippen molar-refractivity contribution in [2.24, 2.45) is 10.2 Å². The zero-order chi connectivity index (χ0) is 15.8. The van der Waals surface area contributed by atoms with Crippen molar-refractivity contribution in [2.45, 2.75) is 19.4 Å². The van der Waals surface area contributed by atoms with Crippen molar-refractivity contribution in [1.82, 2.24) is 10.4 Å². The molecule has 6 heteroatoms. The van der Waals surface area contributed by atoms with Gasteiger partial charge in [-0.05, 0) is 42.7 Å². The lowest BCUT2D eigenvalue weighted by molar-refractivity contribution is 0.286. The van der Waals surface area contributed by atoms with Gasteiger partial charge in [0.15, 0.2) is 0 Å². The minimum absolute atomic E-state index is 0.679. The van der Waals surface area contributed by atoms with Crippen molar-refractivity contribution >= 4 is 29.0 Å². The lowest BCUT2D eigenvalue weighted by atomic mass is 10.0. The second kappa shape index (κ2) is 8.15. The van der Waals surface area contributed by atoms with Gasteiger partial charge in [0.1, 0.15) is 6.34 Å². The first kappa shape index (κ1) is 16.0. The van der Waals surface area contributed by atoms with Crippen molar-refractivity contribution in [1.29, 1.82) is 5.26 Å². The van der Waals surface area contributed by atoms with Crippen molar-refractivity contribution in [3.63, 3.8) is 0 Å². The Labute approximate surface area is 138 Å². The van der Waals surface area contributed by atoms with Crippen LogP contribution in [0.2, 0.25) is 0 Å². The van der Waals surface area contributed by atoms with Crippen LogP contribution in [0.4, 0.5) is 0 Å². The summed E-state index contributed by atoms with van der Waals surface area (Å²) in [6, 6.07) is 10.3. The highest BCUT2D eigenvalue weighted by Gasteiger charge is 2.13. The summed E-state index contributed by atoms with van der Waals surface area (Å²) in [5.41, 5.74) is 6.16. The van der Waals surface area contributed by atoms with Gasteiger partial charge in [-0.3, -0.25) is 10.4 Å². The van der Waals surface area contributed by atoms with Crippen LogP contribution in [-0.4, -0.2) is 18.1 Å². The topological polar surface area (TPSA) is 63.8 Å². The molecule has 1 N–H and O–H groups in total. The fourth-order valence-electron chi connectivity index (χ4n) is 2.08. The molecule has 1 aliphatic carbocycles. The third kappa shape index (κ3) is 4.57. The van der Waals surface area contributed by atoms with E-state index in [4.69, 9.17) is 5.26 Å². The second-order valence-corrected chi connectivity index (χ2v) is 5.61. The molecule has 1 aliphatic rings. The van der Waals surface area contributed by atoms with Gasteiger partial charge < -0.3 is 0 Å². The summed E-state index contributed by atoms with van der Waals surface area (Å²) >= 11 is 3.43. The minimum atomic E-state index is 0.679. The molecule has 0 saturated carbocycles. The number of nitrogens with one attached hydrogen (secondary N) is 1. The Morgan fingerprint density at radius 1 is 1.32 bits per heavy atom. The number of hydrazine groups is 1. The third-order valence-corrected chi connectivity index (χ3v) is 3.75. The van der Waals surface area contributed by atoms with E-state index in [-0.39, 0.29) is 0 Å². The molecular formula is C16H16BrN5. The minimum Gasteiger partial charge on any atom is -0.287 e. The van der Waals surface area contributed by atoms with Gasteiger partial charge in [0, 0.05) is 22.5 Å². The van der Waals surface area contributed by atoms with Crippen molar-refractivity contribution in [2.75, 3.05) is 0 Å². The summed E-state index contributed by atoms with van der Waals surface area (Å²) in [5, 5.41) is 18.1. The SMILES string of the molecule is C=N/N=C\NN(Cc1ccc(Br)cc1)C1=CC=C(C#N)CC1. The zero-order valence-corrected chi connectivity index (χ0v) is 13.6. The first-order valence-corrected chi connectivity index (χ1v) is 7.57. The highest BCUT2D eigenvalue weighted by atomic mass is 79.9. The Balaban J connectivity index is 2.16. The van der Waals surface area contributed by atoms with Crippen LogP contribution in [0.5, 0.6) is 0 Å². The number of nitriles is 1. The molecule has 0 atom stereocenters. The number of allylic oxidation sites excluding steroid dienone is 4. The van der Waals surface area contributed by atoms with E-state index in [1.807, 2.05) is 29.3 Å².